The van der Waals surface area contributed by atoms with E-state index in [0.29, 0.717) is 6.42 Å². The molecular formula is C17H21F2N3O4S. The van der Waals surface area contributed by atoms with Crippen molar-refractivity contribution in [3.63, 3.8) is 0 Å². The van der Waals surface area contributed by atoms with Crippen molar-refractivity contribution in [2.75, 3.05) is 12.8 Å². The molecule has 1 unspecified atom stereocenters. The van der Waals surface area contributed by atoms with Gasteiger partial charge in [0.1, 0.15) is 11.6 Å². The van der Waals surface area contributed by atoms with Crippen LogP contribution in [0.25, 0.3) is 0 Å². The van der Waals surface area contributed by atoms with Gasteiger partial charge in [-0.05, 0) is 25.5 Å². The molecule has 0 fully saturated rings. The molecule has 0 saturated carbocycles. The van der Waals surface area contributed by atoms with Crippen molar-refractivity contribution in [2.24, 2.45) is 0 Å². The zero-order chi connectivity index (χ0) is 20.8. The molecule has 2 aromatic rings. The van der Waals surface area contributed by atoms with E-state index in [1.165, 1.54) is 6.92 Å². The van der Waals surface area contributed by atoms with Crippen molar-refractivity contribution < 1.29 is 21.6 Å². The molecule has 10 heteroatoms. The van der Waals surface area contributed by atoms with E-state index >= 15 is 0 Å². The van der Waals surface area contributed by atoms with Crippen LogP contribution >= 0.6 is 0 Å². The summed E-state index contributed by atoms with van der Waals surface area (Å²) in [5.41, 5.74) is -0.117. The van der Waals surface area contributed by atoms with Crippen LogP contribution in [0.5, 0.6) is 0 Å². The van der Waals surface area contributed by atoms with Crippen LogP contribution in [0.3, 0.4) is 0 Å². The Kier molecular flexibility index (Phi) is 7.87. The number of hydrogen-bond donors (Lipinski definition) is 1. The molecule has 1 heterocycles. The number of benzene rings is 1. The Morgan fingerprint density at radius 3 is 2.41 bits per heavy atom. The molecule has 0 aliphatic rings. The third kappa shape index (κ3) is 5.74. The van der Waals surface area contributed by atoms with Crippen LogP contribution in [0.1, 0.15) is 43.2 Å². The fourth-order valence-electron chi connectivity index (χ4n) is 2.42. The lowest BCUT2D eigenvalue weighted by molar-refractivity contribution is 0.399. The van der Waals surface area contributed by atoms with Crippen LogP contribution in [0.15, 0.2) is 21.3 Å². The van der Waals surface area contributed by atoms with Gasteiger partial charge in [0.05, 0.1) is 12.2 Å². The molecule has 0 radical (unpaired) electrons. The predicted octanol–water partition coefficient (Wildman–Crippen LogP) is 2.21. The smallest absolute Gasteiger partial charge is 0.392 e. The maximum atomic E-state index is 14.4. The minimum atomic E-state index is -3.54. The Bertz CT molecular complexity index is 951. The molecule has 0 spiro atoms. The molecule has 27 heavy (non-hydrogen) atoms. The molecule has 1 atom stereocenters. The van der Waals surface area contributed by atoms with Gasteiger partial charge >= 0.3 is 5.76 Å². The predicted molar refractivity (Wildman–Crippen MR) is 96.4 cm³/mol. The van der Waals surface area contributed by atoms with Crippen molar-refractivity contribution >= 4 is 10.0 Å². The molecule has 148 valence electrons. The normalized spacial score (nSPS) is 12.4. The molecule has 2 rings (SSSR count). The van der Waals surface area contributed by atoms with Crippen LogP contribution in [-0.2, 0) is 16.6 Å². The zero-order valence-electron chi connectivity index (χ0n) is 15.2. The second-order valence-electron chi connectivity index (χ2n) is 5.73. The minimum Gasteiger partial charge on any atom is -0.392 e. The highest BCUT2D eigenvalue weighted by molar-refractivity contribution is 7.88. The molecular weight excluding hydrogens is 380 g/mol. The Morgan fingerprint density at radius 2 is 1.93 bits per heavy atom. The highest BCUT2D eigenvalue weighted by Gasteiger charge is 2.23. The number of terminal acetylenes is 1. The topological polar surface area (TPSA) is 96.3 Å². The average molecular weight is 401 g/mol. The number of aromatic amines is 1. The lowest BCUT2D eigenvalue weighted by Crippen LogP contribution is -2.30. The van der Waals surface area contributed by atoms with Gasteiger partial charge in [-0.15, -0.1) is 17.9 Å². The van der Waals surface area contributed by atoms with E-state index in [-0.39, 0.29) is 30.1 Å². The van der Waals surface area contributed by atoms with Crippen LogP contribution in [0, 0.1) is 24.5 Å². The molecule has 0 saturated heterocycles. The summed E-state index contributed by atoms with van der Waals surface area (Å²) in [7, 11) is -3.54. The van der Waals surface area contributed by atoms with Crippen molar-refractivity contribution in [3.8, 4) is 12.8 Å². The van der Waals surface area contributed by atoms with Crippen LogP contribution in [0.2, 0.25) is 0 Å². The molecule has 0 aliphatic carbocycles. The summed E-state index contributed by atoms with van der Waals surface area (Å²) in [6.07, 6.45) is 9.57. The third-order valence-corrected chi connectivity index (χ3v) is 5.00. The van der Waals surface area contributed by atoms with Crippen molar-refractivity contribution in [3.05, 3.63) is 51.3 Å². The first-order valence-electron chi connectivity index (χ1n) is 7.95. The van der Waals surface area contributed by atoms with E-state index in [1.807, 2.05) is 0 Å². The van der Waals surface area contributed by atoms with E-state index in [0.717, 1.165) is 22.7 Å². The number of nitrogens with one attached hydrogen (secondary N) is 1. The van der Waals surface area contributed by atoms with Gasteiger partial charge < -0.3 is 4.42 Å². The molecule has 1 aromatic heterocycles. The van der Waals surface area contributed by atoms with Crippen LogP contribution < -0.4 is 5.76 Å². The largest absolute Gasteiger partial charge is 0.434 e. The van der Waals surface area contributed by atoms with Gasteiger partial charge in [-0.3, -0.25) is 0 Å². The van der Waals surface area contributed by atoms with Gasteiger partial charge in [-0.1, -0.05) is 6.92 Å². The molecule has 0 aliphatic heterocycles. The highest BCUT2D eigenvalue weighted by Crippen LogP contribution is 2.27. The molecule has 7 nitrogen and oxygen atoms in total. The van der Waals surface area contributed by atoms with Gasteiger partial charge in [0.15, 0.2) is 0 Å². The summed E-state index contributed by atoms with van der Waals surface area (Å²) < 4.78 is 58.1. The molecule has 0 bridgehead atoms. The SMILES string of the molecule is C#C.CCCN(Cc1cc(F)c(C(C)c2n[nH]c(=O)o2)cc1F)S(C)(=O)=O. The van der Waals surface area contributed by atoms with Crippen molar-refractivity contribution in [2.45, 2.75) is 32.7 Å². The first-order chi connectivity index (χ1) is 12.6. The quantitative estimate of drug-likeness (QED) is 0.718. The summed E-state index contributed by atoms with van der Waals surface area (Å²) in [6, 6.07) is 1.93. The number of sulfonamides is 1. The third-order valence-electron chi connectivity index (χ3n) is 3.75. The van der Waals surface area contributed by atoms with Gasteiger partial charge in [0, 0.05) is 24.2 Å². The number of rotatable bonds is 7. The molecule has 1 N–H and O–H groups in total. The Hall–Kier alpha value is -2.51. The van der Waals surface area contributed by atoms with Gasteiger partial charge in [0.2, 0.25) is 15.9 Å². The lowest BCUT2D eigenvalue weighted by atomic mass is 9.98. The number of H-pyrrole nitrogens is 1. The van der Waals surface area contributed by atoms with E-state index in [9.17, 15) is 22.0 Å². The first-order valence-corrected chi connectivity index (χ1v) is 9.80. The Labute approximate surface area is 156 Å². The number of aromatic nitrogens is 2. The highest BCUT2D eigenvalue weighted by atomic mass is 32.2. The fourth-order valence-corrected chi connectivity index (χ4v) is 3.31. The van der Waals surface area contributed by atoms with Crippen LogP contribution in [0.4, 0.5) is 8.78 Å². The maximum absolute atomic E-state index is 14.4. The van der Waals surface area contributed by atoms with Crippen molar-refractivity contribution in [1.29, 1.82) is 0 Å². The monoisotopic (exact) mass is 401 g/mol. The number of hydrogen-bond acceptors (Lipinski definition) is 5. The van der Waals surface area contributed by atoms with E-state index in [2.05, 4.69) is 23.0 Å². The number of halogens is 2. The molecule has 1 aromatic carbocycles. The van der Waals surface area contributed by atoms with Gasteiger partial charge in [0.25, 0.3) is 0 Å². The van der Waals surface area contributed by atoms with Gasteiger partial charge in [-0.25, -0.2) is 27.1 Å². The number of nitrogens with zero attached hydrogens (tertiary/aromatic N) is 2. The second kappa shape index (κ2) is 9.43. The second-order valence-corrected chi connectivity index (χ2v) is 7.72. The van der Waals surface area contributed by atoms with E-state index < -0.39 is 33.3 Å². The maximum Gasteiger partial charge on any atom is 0.434 e. The van der Waals surface area contributed by atoms with Gasteiger partial charge in [-0.2, -0.15) is 4.31 Å². The first kappa shape index (κ1) is 22.5. The lowest BCUT2D eigenvalue weighted by Gasteiger charge is -2.20. The zero-order valence-corrected chi connectivity index (χ0v) is 16.0. The summed E-state index contributed by atoms with van der Waals surface area (Å²) in [6.45, 7) is 3.24. The molecule has 0 amide bonds. The van der Waals surface area contributed by atoms with E-state index in [4.69, 9.17) is 4.42 Å². The summed E-state index contributed by atoms with van der Waals surface area (Å²) >= 11 is 0. The van der Waals surface area contributed by atoms with E-state index in [1.54, 1.807) is 6.92 Å². The summed E-state index contributed by atoms with van der Waals surface area (Å²) in [4.78, 5) is 11.0. The average Bonchev–Trinajstić information content (AvgIpc) is 3.04. The van der Waals surface area contributed by atoms with Crippen LogP contribution in [-0.4, -0.2) is 35.7 Å². The summed E-state index contributed by atoms with van der Waals surface area (Å²) in [5.74, 6) is -3.13. The summed E-state index contributed by atoms with van der Waals surface area (Å²) in [5, 5.41) is 5.67. The Balaban J connectivity index is 0.00000176. The minimum absolute atomic E-state index is 0.0436. The standard InChI is InChI=1S/C15H19F2N3O4S.C2H2/c1-4-5-20(25(3,22)23)8-10-6-13(17)11(7-12(10)16)9(2)14-18-19-15(21)24-14;1-2/h6-7,9H,4-5,8H2,1-3H3,(H,19,21);1-2H. The Morgan fingerprint density at radius 1 is 1.30 bits per heavy atom. The fraction of sp³-hybridized carbons (Fsp3) is 0.412. The van der Waals surface area contributed by atoms with Crippen molar-refractivity contribution in [1.82, 2.24) is 14.5 Å².